The lowest BCUT2D eigenvalue weighted by atomic mass is 10.2. The van der Waals surface area contributed by atoms with Crippen LogP contribution < -0.4 is 10.0 Å². The summed E-state index contributed by atoms with van der Waals surface area (Å²) in [6, 6.07) is 6.60. The van der Waals surface area contributed by atoms with Crippen LogP contribution >= 0.6 is 0 Å². The molecule has 2 atom stereocenters. The van der Waals surface area contributed by atoms with Gasteiger partial charge < -0.3 is 5.32 Å². The molecule has 0 fully saturated rings. The predicted octanol–water partition coefficient (Wildman–Crippen LogP) is 1.23. The van der Waals surface area contributed by atoms with Gasteiger partial charge in [-0.2, -0.15) is 0 Å². The van der Waals surface area contributed by atoms with Crippen molar-refractivity contribution in [3.8, 4) is 0 Å². The number of hydrogen-bond donors (Lipinski definition) is 2. The molecule has 21 heavy (non-hydrogen) atoms. The minimum Gasteiger partial charge on any atom is -0.313 e. The van der Waals surface area contributed by atoms with E-state index in [4.69, 9.17) is 0 Å². The lowest BCUT2D eigenvalue weighted by Gasteiger charge is -2.14. The van der Waals surface area contributed by atoms with Crippen molar-refractivity contribution in [1.29, 1.82) is 0 Å². The molecular weight excluding hydrogens is 308 g/mol. The van der Waals surface area contributed by atoms with Crippen LogP contribution in [0.4, 0.5) is 0 Å². The fraction of sp³-hybridized carbons (Fsp3) is 0.571. The molecule has 0 bridgehead atoms. The predicted molar refractivity (Wildman–Crippen MR) is 87.2 cm³/mol. The van der Waals surface area contributed by atoms with Crippen LogP contribution in [0.5, 0.6) is 0 Å². The minimum absolute atomic E-state index is 0.236. The number of benzene rings is 1. The quantitative estimate of drug-likeness (QED) is 0.713. The van der Waals surface area contributed by atoms with Crippen LogP contribution in [0.25, 0.3) is 0 Å². The zero-order chi connectivity index (χ0) is 15.9. The maximum atomic E-state index is 12.2. The van der Waals surface area contributed by atoms with E-state index in [2.05, 4.69) is 10.0 Å². The molecule has 1 aromatic carbocycles. The van der Waals surface area contributed by atoms with Crippen LogP contribution in [0.15, 0.2) is 29.2 Å². The average molecular weight is 332 g/mol. The van der Waals surface area contributed by atoms with E-state index in [1.54, 1.807) is 25.3 Å². The van der Waals surface area contributed by atoms with Gasteiger partial charge in [0, 0.05) is 35.4 Å². The van der Waals surface area contributed by atoms with Gasteiger partial charge in [-0.25, -0.2) is 13.1 Å². The van der Waals surface area contributed by atoms with Gasteiger partial charge in [0.15, 0.2) is 0 Å². The van der Waals surface area contributed by atoms with Crippen LogP contribution in [-0.4, -0.2) is 37.2 Å². The fourth-order valence-corrected chi connectivity index (χ4v) is 3.75. The van der Waals surface area contributed by atoms with Crippen molar-refractivity contribution in [2.75, 3.05) is 18.6 Å². The van der Waals surface area contributed by atoms with Gasteiger partial charge >= 0.3 is 0 Å². The number of nitrogens with one attached hydrogen (secondary N) is 2. The van der Waals surface area contributed by atoms with E-state index in [0.29, 0.717) is 12.2 Å². The standard InChI is InChI=1S/C14H24N2O3S2/c1-4-15-11-13-5-7-14(8-6-13)21(18,19)16-12(2)9-10-20(3)17/h5-8,12,15-16H,4,9-11H2,1-3H3. The topological polar surface area (TPSA) is 75.3 Å². The van der Waals surface area contributed by atoms with E-state index < -0.39 is 20.8 Å². The van der Waals surface area contributed by atoms with Crippen molar-refractivity contribution in [2.24, 2.45) is 0 Å². The van der Waals surface area contributed by atoms with Gasteiger partial charge in [-0.1, -0.05) is 19.1 Å². The van der Waals surface area contributed by atoms with Gasteiger partial charge in [-0.3, -0.25) is 4.21 Å². The molecule has 2 unspecified atom stereocenters. The van der Waals surface area contributed by atoms with Gasteiger partial charge in [-0.15, -0.1) is 0 Å². The largest absolute Gasteiger partial charge is 0.313 e. The van der Waals surface area contributed by atoms with Crippen molar-refractivity contribution in [1.82, 2.24) is 10.0 Å². The highest BCUT2D eigenvalue weighted by atomic mass is 32.2. The normalized spacial score (nSPS) is 14.8. The highest BCUT2D eigenvalue weighted by Gasteiger charge is 2.17. The summed E-state index contributed by atoms with van der Waals surface area (Å²) in [7, 11) is -4.42. The highest BCUT2D eigenvalue weighted by molar-refractivity contribution is 7.89. The molecule has 0 aliphatic heterocycles. The van der Waals surface area contributed by atoms with Gasteiger partial charge in [0.2, 0.25) is 10.0 Å². The second-order valence-corrected chi connectivity index (χ2v) is 8.28. The second kappa shape index (κ2) is 8.63. The molecule has 1 rings (SSSR count). The molecule has 120 valence electrons. The van der Waals surface area contributed by atoms with Crippen LogP contribution in [0.1, 0.15) is 25.8 Å². The summed E-state index contributed by atoms with van der Waals surface area (Å²) in [6.45, 7) is 5.40. The first kappa shape index (κ1) is 18.3. The third kappa shape index (κ3) is 6.69. The lowest BCUT2D eigenvalue weighted by Crippen LogP contribution is -2.33. The van der Waals surface area contributed by atoms with Crippen molar-refractivity contribution in [3.05, 3.63) is 29.8 Å². The van der Waals surface area contributed by atoms with E-state index in [-0.39, 0.29) is 10.9 Å². The molecule has 0 heterocycles. The molecule has 0 aliphatic rings. The summed E-state index contributed by atoms with van der Waals surface area (Å²) in [5.74, 6) is 0.491. The molecule has 0 aromatic heterocycles. The first-order valence-corrected chi connectivity index (χ1v) is 10.2. The number of rotatable bonds is 9. The Morgan fingerprint density at radius 3 is 2.38 bits per heavy atom. The van der Waals surface area contributed by atoms with Crippen LogP contribution in [0.2, 0.25) is 0 Å². The maximum absolute atomic E-state index is 12.2. The van der Waals surface area contributed by atoms with E-state index in [9.17, 15) is 12.6 Å². The molecule has 0 saturated heterocycles. The molecule has 0 saturated carbocycles. The van der Waals surface area contributed by atoms with E-state index in [0.717, 1.165) is 18.7 Å². The molecule has 1 aromatic rings. The summed E-state index contributed by atoms with van der Waals surface area (Å²) in [6.07, 6.45) is 2.17. The molecule has 0 aliphatic carbocycles. The average Bonchev–Trinajstić information content (AvgIpc) is 2.43. The van der Waals surface area contributed by atoms with Gasteiger partial charge in [0.1, 0.15) is 0 Å². The molecule has 7 heteroatoms. The molecule has 0 radical (unpaired) electrons. The third-order valence-corrected chi connectivity index (χ3v) is 5.42. The van der Waals surface area contributed by atoms with Crippen molar-refractivity contribution in [2.45, 2.75) is 37.8 Å². The SMILES string of the molecule is CCNCc1ccc(S(=O)(=O)NC(C)CCS(C)=O)cc1. The zero-order valence-electron chi connectivity index (χ0n) is 12.8. The fourth-order valence-electron chi connectivity index (χ4n) is 1.79. The Kier molecular flexibility index (Phi) is 7.51. The van der Waals surface area contributed by atoms with Gasteiger partial charge in [0.25, 0.3) is 0 Å². The van der Waals surface area contributed by atoms with Crippen LogP contribution in [0.3, 0.4) is 0 Å². The summed E-state index contributed by atoms with van der Waals surface area (Å²) < 4.78 is 38.1. The van der Waals surface area contributed by atoms with Crippen LogP contribution in [0, 0.1) is 0 Å². The van der Waals surface area contributed by atoms with Crippen molar-refractivity contribution < 1.29 is 12.6 Å². The zero-order valence-corrected chi connectivity index (χ0v) is 14.4. The van der Waals surface area contributed by atoms with Gasteiger partial charge in [-0.05, 0) is 37.6 Å². The number of hydrogen-bond acceptors (Lipinski definition) is 4. The molecule has 5 nitrogen and oxygen atoms in total. The summed E-state index contributed by atoms with van der Waals surface area (Å²) in [5.41, 5.74) is 1.05. The Hall–Kier alpha value is -0.760. The first-order valence-electron chi connectivity index (χ1n) is 6.97. The number of sulfonamides is 1. The third-order valence-electron chi connectivity index (χ3n) is 3.01. The summed E-state index contributed by atoms with van der Waals surface area (Å²) >= 11 is 0. The maximum Gasteiger partial charge on any atom is 0.240 e. The Morgan fingerprint density at radius 2 is 1.86 bits per heavy atom. The first-order chi connectivity index (χ1) is 9.85. The van der Waals surface area contributed by atoms with E-state index in [1.165, 1.54) is 0 Å². The van der Waals surface area contributed by atoms with E-state index >= 15 is 0 Å². The van der Waals surface area contributed by atoms with Crippen LogP contribution in [-0.2, 0) is 27.4 Å². The summed E-state index contributed by atoms with van der Waals surface area (Å²) in [5, 5.41) is 3.19. The molecule has 0 spiro atoms. The monoisotopic (exact) mass is 332 g/mol. The minimum atomic E-state index is -3.51. The Bertz CT molecular complexity index is 556. The van der Waals surface area contributed by atoms with E-state index in [1.807, 2.05) is 19.1 Å². The second-order valence-electron chi connectivity index (χ2n) is 5.01. The highest BCUT2D eigenvalue weighted by Crippen LogP contribution is 2.11. The van der Waals surface area contributed by atoms with Gasteiger partial charge in [0.05, 0.1) is 4.90 Å². The molecule has 0 amide bonds. The van der Waals surface area contributed by atoms with Crippen molar-refractivity contribution in [3.63, 3.8) is 0 Å². The Labute approximate surface area is 130 Å². The summed E-state index contributed by atoms with van der Waals surface area (Å²) in [4.78, 5) is 0.257. The smallest absolute Gasteiger partial charge is 0.240 e. The Balaban J connectivity index is 2.67. The lowest BCUT2D eigenvalue weighted by molar-refractivity contribution is 0.555. The molecule has 2 N–H and O–H groups in total. The Morgan fingerprint density at radius 1 is 1.24 bits per heavy atom. The molecular formula is C14H24N2O3S2. The van der Waals surface area contributed by atoms with Crippen molar-refractivity contribution >= 4 is 20.8 Å².